The summed E-state index contributed by atoms with van der Waals surface area (Å²) in [6, 6.07) is 21.3. The molecule has 224 valence electrons. The highest BCUT2D eigenvalue weighted by Crippen LogP contribution is 2.42. The Morgan fingerprint density at radius 3 is 2.40 bits per heavy atom. The second-order valence-corrected chi connectivity index (χ2v) is 13.4. The Kier molecular flexibility index (Phi) is 8.47. The standard InChI is InChI=1S/C34H39N5O3S/c1-8-33(4,5)23-18-19-29(27(20-23)34(6,7)9-2)42-39(22(3)40)28-17-13-16-25-26(28)21-30(31(25)41)43-32-35-36-37-38(32)24-14-11-10-12-15-24/h10-20,30H,8-9,21H2,1-7H3. The Hall–Kier alpha value is -3.98. The molecular formula is C34H39N5O3S. The van der Waals surface area contributed by atoms with Gasteiger partial charge in [0.15, 0.2) is 11.5 Å². The third kappa shape index (κ3) is 5.95. The van der Waals surface area contributed by atoms with E-state index in [0.29, 0.717) is 28.6 Å². The van der Waals surface area contributed by atoms with Gasteiger partial charge in [0.1, 0.15) is 0 Å². The number of benzene rings is 3. The highest BCUT2D eigenvalue weighted by Gasteiger charge is 2.37. The second kappa shape index (κ2) is 12.0. The Labute approximate surface area is 257 Å². The Balaban J connectivity index is 1.48. The third-order valence-electron chi connectivity index (χ3n) is 8.74. The molecule has 0 saturated carbocycles. The van der Waals surface area contributed by atoms with Crippen molar-refractivity contribution in [3.8, 4) is 11.4 Å². The fourth-order valence-electron chi connectivity index (χ4n) is 5.20. The fraction of sp³-hybridized carbons (Fsp3) is 0.382. The number of amides is 1. The van der Waals surface area contributed by atoms with Gasteiger partial charge in [-0.2, -0.15) is 4.68 Å². The molecule has 3 aromatic carbocycles. The zero-order chi connectivity index (χ0) is 30.9. The number of Topliss-reactive ketones (excluding diaryl/α,β-unsaturated/α-hetero) is 1. The Morgan fingerprint density at radius 2 is 1.72 bits per heavy atom. The number of hydrogen-bond donors (Lipinski definition) is 0. The summed E-state index contributed by atoms with van der Waals surface area (Å²) in [5.41, 5.74) is 4.84. The number of thioether (sulfide) groups is 1. The number of anilines is 1. The number of nitrogens with zero attached hydrogens (tertiary/aromatic N) is 5. The van der Waals surface area contributed by atoms with Crippen molar-refractivity contribution < 1.29 is 14.4 Å². The largest absolute Gasteiger partial charge is 0.372 e. The number of fused-ring (bicyclic) bond motifs is 1. The normalized spacial score (nSPS) is 15.0. The molecular weight excluding hydrogens is 558 g/mol. The summed E-state index contributed by atoms with van der Waals surface area (Å²) < 4.78 is 1.63. The minimum Gasteiger partial charge on any atom is -0.372 e. The first-order valence-electron chi connectivity index (χ1n) is 14.8. The van der Waals surface area contributed by atoms with Gasteiger partial charge in [0.25, 0.3) is 5.91 Å². The van der Waals surface area contributed by atoms with Crippen molar-refractivity contribution in [2.24, 2.45) is 0 Å². The molecule has 0 fully saturated rings. The lowest BCUT2D eigenvalue weighted by Gasteiger charge is -2.32. The summed E-state index contributed by atoms with van der Waals surface area (Å²) in [4.78, 5) is 33.3. The van der Waals surface area contributed by atoms with E-state index in [0.717, 1.165) is 29.7 Å². The molecule has 1 aliphatic rings. The van der Waals surface area contributed by atoms with Crippen LogP contribution in [0.2, 0.25) is 0 Å². The number of carbonyl (C=O) groups is 2. The van der Waals surface area contributed by atoms with Crippen molar-refractivity contribution in [2.45, 2.75) is 89.0 Å². The van der Waals surface area contributed by atoms with E-state index in [1.165, 1.54) is 29.3 Å². The van der Waals surface area contributed by atoms with Gasteiger partial charge in [-0.25, -0.2) is 0 Å². The molecule has 0 N–H and O–H groups in total. The van der Waals surface area contributed by atoms with Crippen LogP contribution in [-0.4, -0.2) is 37.1 Å². The third-order valence-corrected chi connectivity index (χ3v) is 9.87. The molecule has 5 rings (SSSR count). The molecule has 1 amide bonds. The average Bonchev–Trinajstić information content (AvgIpc) is 3.60. The van der Waals surface area contributed by atoms with E-state index in [2.05, 4.69) is 69.2 Å². The monoisotopic (exact) mass is 597 g/mol. The van der Waals surface area contributed by atoms with Crippen LogP contribution in [0.4, 0.5) is 5.69 Å². The lowest BCUT2D eigenvalue weighted by molar-refractivity contribution is -0.120. The molecule has 4 aromatic rings. The molecule has 0 aliphatic heterocycles. The van der Waals surface area contributed by atoms with Crippen molar-refractivity contribution in [1.29, 1.82) is 0 Å². The highest BCUT2D eigenvalue weighted by molar-refractivity contribution is 8.00. The summed E-state index contributed by atoms with van der Waals surface area (Å²) in [7, 11) is 0. The molecule has 1 aromatic heterocycles. The molecule has 0 radical (unpaired) electrons. The number of aromatic nitrogens is 4. The van der Waals surface area contributed by atoms with Gasteiger partial charge in [-0.05, 0) is 75.9 Å². The van der Waals surface area contributed by atoms with E-state index in [4.69, 9.17) is 4.84 Å². The van der Waals surface area contributed by atoms with E-state index in [1.54, 1.807) is 10.7 Å². The van der Waals surface area contributed by atoms with E-state index in [-0.39, 0.29) is 22.5 Å². The maximum absolute atomic E-state index is 13.6. The van der Waals surface area contributed by atoms with Crippen LogP contribution in [0, 0.1) is 0 Å². The Bertz CT molecular complexity index is 1650. The highest BCUT2D eigenvalue weighted by atomic mass is 32.2. The SMILES string of the molecule is CCC(C)(C)c1ccc(ON(C(C)=O)c2cccc3c2CC(Sc2nnnn2-c2ccccc2)C3=O)c(C(C)(C)CC)c1. The minimum absolute atomic E-state index is 0.00488. The molecule has 1 unspecified atom stereocenters. The first kappa shape index (κ1) is 30.5. The zero-order valence-electron chi connectivity index (χ0n) is 25.9. The number of para-hydroxylation sites is 1. The lowest BCUT2D eigenvalue weighted by atomic mass is 9.76. The summed E-state index contributed by atoms with van der Waals surface area (Å²) in [5.74, 6) is 0.336. The van der Waals surface area contributed by atoms with Crippen molar-refractivity contribution in [1.82, 2.24) is 20.2 Å². The number of rotatable bonds is 10. The molecule has 8 nitrogen and oxygen atoms in total. The maximum Gasteiger partial charge on any atom is 0.256 e. The topological polar surface area (TPSA) is 90.2 Å². The smallest absolute Gasteiger partial charge is 0.256 e. The molecule has 0 bridgehead atoms. The average molecular weight is 598 g/mol. The number of tetrazole rings is 1. The van der Waals surface area contributed by atoms with E-state index in [1.807, 2.05) is 48.5 Å². The van der Waals surface area contributed by atoms with Crippen molar-refractivity contribution in [2.75, 3.05) is 5.06 Å². The Morgan fingerprint density at radius 1 is 1.00 bits per heavy atom. The number of hydroxylamine groups is 1. The molecule has 1 aliphatic carbocycles. The summed E-state index contributed by atoms with van der Waals surface area (Å²) in [5, 5.41) is 13.6. The minimum atomic E-state index is -0.441. The van der Waals surface area contributed by atoms with Crippen LogP contribution in [0.1, 0.15) is 88.4 Å². The van der Waals surface area contributed by atoms with Gasteiger partial charge in [0.2, 0.25) is 5.16 Å². The van der Waals surface area contributed by atoms with E-state index < -0.39 is 5.25 Å². The van der Waals surface area contributed by atoms with Gasteiger partial charge in [0.05, 0.1) is 16.6 Å². The van der Waals surface area contributed by atoms with Crippen LogP contribution in [-0.2, 0) is 22.0 Å². The van der Waals surface area contributed by atoms with Crippen molar-refractivity contribution in [3.63, 3.8) is 0 Å². The molecule has 0 spiro atoms. The summed E-state index contributed by atoms with van der Waals surface area (Å²) in [6.07, 6.45) is 2.32. The van der Waals surface area contributed by atoms with Gasteiger partial charge in [-0.3, -0.25) is 9.59 Å². The number of ketones is 1. The second-order valence-electron chi connectivity index (χ2n) is 12.3. The van der Waals surface area contributed by atoms with Crippen LogP contribution >= 0.6 is 11.8 Å². The molecule has 43 heavy (non-hydrogen) atoms. The van der Waals surface area contributed by atoms with Crippen LogP contribution < -0.4 is 9.90 Å². The van der Waals surface area contributed by atoms with Crippen LogP contribution in [0.25, 0.3) is 5.69 Å². The molecule has 0 saturated heterocycles. The van der Waals surface area contributed by atoms with Gasteiger partial charge in [0, 0.05) is 18.1 Å². The van der Waals surface area contributed by atoms with E-state index in [9.17, 15) is 9.59 Å². The predicted molar refractivity (Wildman–Crippen MR) is 170 cm³/mol. The molecule has 1 atom stereocenters. The predicted octanol–water partition coefficient (Wildman–Crippen LogP) is 7.28. The van der Waals surface area contributed by atoms with Gasteiger partial charge in [-0.1, -0.05) is 95.8 Å². The van der Waals surface area contributed by atoms with Gasteiger partial charge in [-0.15, -0.1) is 10.2 Å². The maximum atomic E-state index is 13.6. The summed E-state index contributed by atoms with van der Waals surface area (Å²) in [6.45, 7) is 14.7. The first-order valence-corrected chi connectivity index (χ1v) is 15.6. The number of hydrogen-bond acceptors (Lipinski definition) is 7. The van der Waals surface area contributed by atoms with Crippen LogP contribution in [0.3, 0.4) is 0 Å². The molecule has 9 heteroatoms. The quantitative estimate of drug-likeness (QED) is 0.177. The lowest BCUT2D eigenvalue weighted by Crippen LogP contribution is -2.34. The zero-order valence-corrected chi connectivity index (χ0v) is 26.7. The molecule has 1 heterocycles. The van der Waals surface area contributed by atoms with Crippen LogP contribution in [0.15, 0.2) is 71.9 Å². The summed E-state index contributed by atoms with van der Waals surface area (Å²) >= 11 is 1.32. The van der Waals surface area contributed by atoms with E-state index >= 15 is 0 Å². The van der Waals surface area contributed by atoms with Gasteiger partial charge < -0.3 is 4.84 Å². The van der Waals surface area contributed by atoms with Crippen LogP contribution in [0.5, 0.6) is 5.75 Å². The fourth-order valence-corrected chi connectivity index (χ4v) is 6.27. The van der Waals surface area contributed by atoms with Crippen molar-refractivity contribution in [3.05, 3.63) is 89.0 Å². The number of carbonyl (C=O) groups excluding carboxylic acids is 2. The van der Waals surface area contributed by atoms with Crippen molar-refractivity contribution >= 4 is 29.1 Å². The van der Waals surface area contributed by atoms with Gasteiger partial charge >= 0.3 is 0 Å². The first-order chi connectivity index (χ1) is 20.5.